The summed E-state index contributed by atoms with van der Waals surface area (Å²) in [6.07, 6.45) is 1.76. The van der Waals surface area contributed by atoms with E-state index in [9.17, 15) is 0 Å². The second-order valence-electron chi connectivity index (χ2n) is 4.56. The third-order valence-corrected chi connectivity index (χ3v) is 4.91. The van der Waals surface area contributed by atoms with E-state index in [-0.39, 0.29) is 0 Å². The van der Waals surface area contributed by atoms with Gasteiger partial charge in [0, 0.05) is 16.8 Å². The van der Waals surface area contributed by atoms with Crippen LogP contribution in [0.5, 0.6) is 0 Å². The van der Waals surface area contributed by atoms with Gasteiger partial charge in [0.2, 0.25) is 0 Å². The average molecular weight is 348 g/mol. The van der Waals surface area contributed by atoms with Gasteiger partial charge in [0.25, 0.3) is 0 Å². The molecule has 2 N–H and O–H groups in total. The number of nitrogens with zero attached hydrogens (tertiary/aromatic N) is 1. The topological polar surface area (TPSA) is 40.7 Å². The Bertz CT molecular complexity index is 673. The van der Waals surface area contributed by atoms with Crippen molar-refractivity contribution in [3.63, 3.8) is 0 Å². The first-order chi connectivity index (χ1) is 9.72. The monoisotopic (exact) mass is 347 g/mol. The average Bonchev–Trinajstić information content (AvgIpc) is 3.10. The Kier molecular flexibility index (Phi) is 3.89. The standard InChI is InChI=1S/C15H14BrN3S/c1-10(14-6-7-15(16)20-14)18-12-4-2-11(3-5-12)13-8-9-17-19-13/h2-10,18H,1H3,(H,17,19). The molecule has 1 unspecified atom stereocenters. The molecule has 2 aromatic heterocycles. The van der Waals surface area contributed by atoms with Crippen LogP contribution >= 0.6 is 27.3 Å². The van der Waals surface area contributed by atoms with Gasteiger partial charge in [-0.2, -0.15) is 5.10 Å². The van der Waals surface area contributed by atoms with Crippen molar-refractivity contribution in [2.45, 2.75) is 13.0 Å². The van der Waals surface area contributed by atoms with Crippen LogP contribution in [0.1, 0.15) is 17.8 Å². The number of rotatable bonds is 4. The minimum absolute atomic E-state index is 0.296. The normalized spacial score (nSPS) is 12.3. The summed E-state index contributed by atoms with van der Waals surface area (Å²) in [6, 6.07) is 14.9. The van der Waals surface area contributed by atoms with Crippen molar-refractivity contribution in [3.05, 3.63) is 57.3 Å². The number of hydrogen-bond acceptors (Lipinski definition) is 3. The van der Waals surface area contributed by atoms with E-state index in [2.05, 4.69) is 74.8 Å². The van der Waals surface area contributed by atoms with Crippen LogP contribution in [0.15, 0.2) is 52.4 Å². The molecule has 0 aliphatic heterocycles. The van der Waals surface area contributed by atoms with E-state index < -0.39 is 0 Å². The maximum Gasteiger partial charge on any atom is 0.0702 e. The summed E-state index contributed by atoms with van der Waals surface area (Å²) in [5.74, 6) is 0. The van der Waals surface area contributed by atoms with E-state index in [1.807, 2.05) is 6.07 Å². The predicted molar refractivity (Wildman–Crippen MR) is 88.1 cm³/mol. The zero-order chi connectivity index (χ0) is 13.9. The zero-order valence-corrected chi connectivity index (χ0v) is 13.3. The number of thiophene rings is 1. The van der Waals surface area contributed by atoms with Crippen molar-refractivity contribution in [3.8, 4) is 11.3 Å². The summed E-state index contributed by atoms with van der Waals surface area (Å²) in [5, 5.41) is 10.4. The van der Waals surface area contributed by atoms with Gasteiger partial charge >= 0.3 is 0 Å². The van der Waals surface area contributed by atoms with Gasteiger partial charge < -0.3 is 5.32 Å². The van der Waals surface area contributed by atoms with Crippen LogP contribution in [0.3, 0.4) is 0 Å². The second-order valence-corrected chi connectivity index (χ2v) is 7.05. The van der Waals surface area contributed by atoms with Crippen LogP contribution in [0, 0.1) is 0 Å². The van der Waals surface area contributed by atoms with Gasteiger partial charge in [0.15, 0.2) is 0 Å². The van der Waals surface area contributed by atoms with Crippen LogP contribution in [-0.4, -0.2) is 10.2 Å². The molecule has 0 aliphatic carbocycles. The molecule has 0 bridgehead atoms. The third-order valence-electron chi connectivity index (χ3n) is 3.10. The lowest BCUT2D eigenvalue weighted by atomic mass is 10.1. The second kappa shape index (κ2) is 5.81. The summed E-state index contributed by atoms with van der Waals surface area (Å²) in [6.45, 7) is 2.17. The minimum atomic E-state index is 0.296. The van der Waals surface area contributed by atoms with Crippen LogP contribution in [0.25, 0.3) is 11.3 Å². The maximum absolute atomic E-state index is 3.97. The molecule has 3 rings (SSSR count). The number of H-pyrrole nitrogens is 1. The Morgan fingerprint density at radius 2 is 1.95 bits per heavy atom. The molecule has 3 aromatic rings. The van der Waals surface area contributed by atoms with E-state index in [1.165, 1.54) is 4.88 Å². The summed E-state index contributed by atoms with van der Waals surface area (Å²) in [7, 11) is 0. The smallest absolute Gasteiger partial charge is 0.0702 e. The van der Waals surface area contributed by atoms with E-state index >= 15 is 0 Å². The molecule has 0 spiro atoms. The molecule has 20 heavy (non-hydrogen) atoms. The maximum atomic E-state index is 3.97. The third kappa shape index (κ3) is 2.94. The van der Waals surface area contributed by atoms with Gasteiger partial charge in [0.05, 0.1) is 15.5 Å². The number of anilines is 1. The van der Waals surface area contributed by atoms with Gasteiger partial charge in [-0.25, -0.2) is 0 Å². The first-order valence-corrected chi connectivity index (χ1v) is 7.95. The molecule has 0 saturated carbocycles. The van der Waals surface area contributed by atoms with Crippen molar-refractivity contribution in [1.29, 1.82) is 0 Å². The predicted octanol–water partition coefficient (Wildman–Crippen LogP) is 5.07. The zero-order valence-electron chi connectivity index (χ0n) is 10.9. The molecule has 1 atom stereocenters. The highest BCUT2D eigenvalue weighted by Crippen LogP contribution is 2.29. The van der Waals surface area contributed by atoms with Gasteiger partial charge in [-0.1, -0.05) is 12.1 Å². The summed E-state index contributed by atoms with van der Waals surface area (Å²) in [5.41, 5.74) is 3.29. The first-order valence-electron chi connectivity index (χ1n) is 6.34. The van der Waals surface area contributed by atoms with Crippen molar-refractivity contribution >= 4 is 33.0 Å². The fourth-order valence-electron chi connectivity index (χ4n) is 2.04. The fourth-order valence-corrected chi connectivity index (χ4v) is 3.47. The molecular weight excluding hydrogens is 334 g/mol. The number of halogens is 1. The van der Waals surface area contributed by atoms with Gasteiger partial charge in [-0.05, 0) is 58.7 Å². The van der Waals surface area contributed by atoms with Crippen molar-refractivity contribution in [2.75, 3.05) is 5.32 Å². The number of nitrogens with one attached hydrogen (secondary N) is 2. The van der Waals surface area contributed by atoms with Crippen LogP contribution < -0.4 is 5.32 Å². The molecule has 0 radical (unpaired) electrons. The molecule has 1 aromatic carbocycles. The molecule has 0 saturated heterocycles. The molecule has 0 amide bonds. The van der Waals surface area contributed by atoms with Crippen LogP contribution in [0.4, 0.5) is 5.69 Å². The Balaban J connectivity index is 1.72. The SMILES string of the molecule is CC(Nc1ccc(-c2ccn[nH]2)cc1)c1ccc(Br)s1. The molecule has 102 valence electrons. The van der Waals surface area contributed by atoms with E-state index in [4.69, 9.17) is 0 Å². The van der Waals surface area contributed by atoms with Gasteiger partial charge in [0.1, 0.15) is 0 Å². The summed E-state index contributed by atoms with van der Waals surface area (Å²) in [4.78, 5) is 1.31. The molecule has 2 heterocycles. The Labute approximate surface area is 130 Å². The molecule has 3 nitrogen and oxygen atoms in total. The number of hydrogen-bond donors (Lipinski definition) is 2. The quantitative estimate of drug-likeness (QED) is 0.691. The Morgan fingerprint density at radius 3 is 2.55 bits per heavy atom. The van der Waals surface area contributed by atoms with Crippen molar-refractivity contribution < 1.29 is 0 Å². The minimum Gasteiger partial charge on any atom is -0.378 e. The van der Waals surface area contributed by atoms with E-state index in [0.717, 1.165) is 20.7 Å². The highest BCUT2D eigenvalue weighted by Gasteiger charge is 2.08. The highest BCUT2D eigenvalue weighted by atomic mass is 79.9. The van der Waals surface area contributed by atoms with Crippen molar-refractivity contribution in [2.24, 2.45) is 0 Å². The Hall–Kier alpha value is -1.59. The first kappa shape index (κ1) is 13.4. The highest BCUT2D eigenvalue weighted by molar-refractivity contribution is 9.11. The Morgan fingerprint density at radius 1 is 1.15 bits per heavy atom. The van der Waals surface area contributed by atoms with Gasteiger partial charge in [-0.3, -0.25) is 5.10 Å². The van der Waals surface area contributed by atoms with Crippen LogP contribution in [0.2, 0.25) is 0 Å². The van der Waals surface area contributed by atoms with E-state index in [1.54, 1.807) is 17.5 Å². The molecule has 0 fully saturated rings. The number of benzene rings is 1. The van der Waals surface area contributed by atoms with Crippen molar-refractivity contribution in [1.82, 2.24) is 10.2 Å². The lowest BCUT2D eigenvalue weighted by molar-refractivity contribution is 0.908. The largest absolute Gasteiger partial charge is 0.378 e. The molecular formula is C15H14BrN3S. The lowest BCUT2D eigenvalue weighted by Crippen LogP contribution is -2.04. The summed E-state index contributed by atoms with van der Waals surface area (Å²) < 4.78 is 1.16. The molecule has 5 heteroatoms. The number of aromatic nitrogens is 2. The van der Waals surface area contributed by atoms with Crippen LogP contribution in [-0.2, 0) is 0 Å². The van der Waals surface area contributed by atoms with Gasteiger partial charge in [-0.15, -0.1) is 11.3 Å². The van der Waals surface area contributed by atoms with E-state index in [0.29, 0.717) is 6.04 Å². The molecule has 0 aliphatic rings. The fraction of sp³-hybridized carbons (Fsp3) is 0.133. The number of aromatic amines is 1. The lowest BCUT2D eigenvalue weighted by Gasteiger charge is -2.14. The summed E-state index contributed by atoms with van der Waals surface area (Å²) >= 11 is 5.26.